The van der Waals surface area contributed by atoms with Crippen LogP contribution in [0.15, 0.2) is 78.2 Å². The van der Waals surface area contributed by atoms with Crippen molar-refractivity contribution in [1.82, 2.24) is 19.4 Å². The molecule has 0 radical (unpaired) electrons. The normalized spacial score (nSPS) is 12.4. The molecular formula is C22H16N4O3S. The highest BCUT2D eigenvalue weighted by Crippen LogP contribution is 2.24. The van der Waals surface area contributed by atoms with Crippen LogP contribution < -0.4 is 0 Å². The number of pyridine rings is 1. The zero-order valence-corrected chi connectivity index (χ0v) is 16.5. The fourth-order valence-corrected chi connectivity index (χ4v) is 4.49. The van der Waals surface area contributed by atoms with Crippen molar-refractivity contribution in [2.45, 2.75) is 10.9 Å². The van der Waals surface area contributed by atoms with E-state index >= 15 is 0 Å². The number of benzene rings is 2. The summed E-state index contributed by atoms with van der Waals surface area (Å²) in [7, 11) is -1.35. The first-order chi connectivity index (χ1) is 14.6. The molecule has 0 spiro atoms. The predicted octanol–water partition coefficient (Wildman–Crippen LogP) is 3.88. The molecule has 2 N–H and O–H groups in total. The molecular weight excluding hydrogens is 400 g/mol. The minimum absolute atomic E-state index is 0.231. The standard InChI is InChI=1S/C22H16N4O3S/c27-21(28)15-9-7-14(8-10-15)19-12-23-20-16(4-3-11-26(19)20)13-30(29)22-24-17-5-1-2-6-18(17)25-22/h1-12H,13H2,(H,24,25)(H,27,28). The number of para-hydroxylation sites is 2. The monoisotopic (exact) mass is 416 g/mol. The number of carbonyl (C=O) groups is 1. The molecule has 5 aromatic rings. The van der Waals surface area contributed by atoms with Gasteiger partial charge in [-0.2, -0.15) is 0 Å². The van der Waals surface area contributed by atoms with Gasteiger partial charge in [0.05, 0.1) is 45.0 Å². The quantitative estimate of drug-likeness (QED) is 0.453. The number of nitrogens with one attached hydrogen (secondary N) is 1. The Morgan fingerprint density at radius 3 is 2.63 bits per heavy atom. The second-order valence-corrected chi connectivity index (χ2v) is 8.17. The van der Waals surface area contributed by atoms with Crippen LogP contribution in [0.2, 0.25) is 0 Å². The van der Waals surface area contributed by atoms with E-state index in [4.69, 9.17) is 5.11 Å². The van der Waals surface area contributed by atoms with E-state index in [-0.39, 0.29) is 11.3 Å². The van der Waals surface area contributed by atoms with Gasteiger partial charge in [0, 0.05) is 17.3 Å². The number of aromatic carboxylic acids is 1. The maximum atomic E-state index is 12.9. The molecule has 7 nitrogen and oxygen atoms in total. The van der Waals surface area contributed by atoms with Crippen LogP contribution in [-0.4, -0.2) is 34.6 Å². The lowest BCUT2D eigenvalue weighted by molar-refractivity contribution is 0.0697. The number of nitrogens with zero attached hydrogens (tertiary/aromatic N) is 3. The molecule has 0 saturated heterocycles. The molecule has 3 heterocycles. The lowest BCUT2D eigenvalue weighted by Gasteiger charge is -2.06. The van der Waals surface area contributed by atoms with Crippen molar-refractivity contribution in [2.75, 3.05) is 0 Å². The maximum Gasteiger partial charge on any atom is 0.335 e. The Balaban J connectivity index is 1.48. The van der Waals surface area contributed by atoms with Gasteiger partial charge >= 0.3 is 5.97 Å². The average molecular weight is 416 g/mol. The minimum Gasteiger partial charge on any atom is -0.478 e. The summed E-state index contributed by atoms with van der Waals surface area (Å²) in [5.41, 5.74) is 5.10. The first kappa shape index (κ1) is 18.3. The van der Waals surface area contributed by atoms with Crippen LogP contribution in [0.5, 0.6) is 0 Å². The van der Waals surface area contributed by atoms with Crippen molar-refractivity contribution in [2.24, 2.45) is 0 Å². The van der Waals surface area contributed by atoms with E-state index in [0.717, 1.165) is 27.9 Å². The third-order valence-corrected chi connectivity index (χ3v) is 6.11. The SMILES string of the molecule is O=C(O)c1ccc(-c2cnc3c(CS(=O)c4nc5ccccc5[nH]4)cccn23)cc1. The Kier molecular flexibility index (Phi) is 4.40. The van der Waals surface area contributed by atoms with Gasteiger partial charge in [0.25, 0.3) is 0 Å². The number of carboxylic acid groups (broad SMARTS) is 1. The molecule has 5 rings (SSSR count). The molecule has 0 aliphatic rings. The van der Waals surface area contributed by atoms with Crippen LogP contribution in [0.4, 0.5) is 0 Å². The number of hydrogen-bond acceptors (Lipinski definition) is 4. The molecule has 0 aliphatic heterocycles. The van der Waals surface area contributed by atoms with Gasteiger partial charge in [-0.15, -0.1) is 0 Å². The molecule has 30 heavy (non-hydrogen) atoms. The summed E-state index contributed by atoms with van der Waals surface area (Å²) in [6, 6.07) is 18.0. The number of hydrogen-bond donors (Lipinski definition) is 2. The second-order valence-electron chi connectivity index (χ2n) is 6.80. The van der Waals surface area contributed by atoms with E-state index in [1.165, 1.54) is 0 Å². The maximum absolute atomic E-state index is 12.9. The summed E-state index contributed by atoms with van der Waals surface area (Å²) >= 11 is 0. The summed E-state index contributed by atoms with van der Waals surface area (Å²) in [6.07, 6.45) is 3.62. The number of fused-ring (bicyclic) bond motifs is 2. The van der Waals surface area contributed by atoms with Crippen LogP contribution >= 0.6 is 0 Å². The summed E-state index contributed by atoms with van der Waals surface area (Å²) in [5.74, 6) is -0.687. The molecule has 0 saturated carbocycles. The molecule has 1 atom stereocenters. The van der Waals surface area contributed by atoms with E-state index < -0.39 is 16.8 Å². The van der Waals surface area contributed by atoms with Crippen molar-refractivity contribution >= 4 is 33.4 Å². The Bertz CT molecular complexity index is 1390. The minimum atomic E-state index is -1.35. The first-order valence-electron chi connectivity index (χ1n) is 9.22. The van der Waals surface area contributed by atoms with Crippen LogP contribution in [0, 0.1) is 0 Å². The summed E-state index contributed by atoms with van der Waals surface area (Å²) in [5, 5.41) is 9.52. The Morgan fingerprint density at radius 2 is 1.87 bits per heavy atom. The number of imidazole rings is 2. The molecule has 0 fully saturated rings. The lowest BCUT2D eigenvalue weighted by atomic mass is 10.1. The van der Waals surface area contributed by atoms with E-state index in [0.29, 0.717) is 10.8 Å². The van der Waals surface area contributed by atoms with Gasteiger partial charge in [-0.25, -0.2) is 14.8 Å². The van der Waals surface area contributed by atoms with Crippen LogP contribution in [-0.2, 0) is 16.6 Å². The fourth-order valence-electron chi connectivity index (χ4n) is 3.43. The lowest BCUT2D eigenvalue weighted by Crippen LogP contribution is -2.01. The molecule has 2 aromatic carbocycles. The van der Waals surface area contributed by atoms with Crippen molar-refractivity contribution in [1.29, 1.82) is 0 Å². The predicted molar refractivity (Wildman–Crippen MR) is 114 cm³/mol. The first-order valence-corrected chi connectivity index (χ1v) is 10.5. The Morgan fingerprint density at radius 1 is 1.07 bits per heavy atom. The molecule has 1 unspecified atom stereocenters. The molecule has 0 bridgehead atoms. The Hall–Kier alpha value is -3.78. The van der Waals surface area contributed by atoms with Gasteiger partial charge in [0.2, 0.25) is 0 Å². The van der Waals surface area contributed by atoms with Crippen molar-refractivity contribution < 1.29 is 14.1 Å². The summed E-state index contributed by atoms with van der Waals surface area (Å²) in [6.45, 7) is 0. The number of aromatic nitrogens is 4. The fraction of sp³-hybridized carbons (Fsp3) is 0.0455. The van der Waals surface area contributed by atoms with E-state index in [1.807, 2.05) is 47.0 Å². The number of carboxylic acids is 1. The van der Waals surface area contributed by atoms with Gasteiger partial charge in [-0.05, 0) is 30.3 Å². The zero-order valence-electron chi connectivity index (χ0n) is 15.6. The molecule has 3 aromatic heterocycles. The van der Waals surface area contributed by atoms with Crippen molar-refractivity contribution in [3.05, 3.63) is 84.2 Å². The zero-order chi connectivity index (χ0) is 20.7. The van der Waals surface area contributed by atoms with Crippen LogP contribution in [0.3, 0.4) is 0 Å². The molecule has 0 amide bonds. The van der Waals surface area contributed by atoms with Crippen molar-refractivity contribution in [3.8, 4) is 11.3 Å². The van der Waals surface area contributed by atoms with Gasteiger partial charge in [-0.1, -0.05) is 30.3 Å². The smallest absolute Gasteiger partial charge is 0.335 e. The van der Waals surface area contributed by atoms with Crippen LogP contribution in [0.25, 0.3) is 27.9 Å². The third-order valence-electron chi connectivity index (χ3n) is 4.91. The van der Waals surface area contributed by atoms with E-state index in [1.54, 1.807) is 30.5 Å². The number of aromatic amines is 1. The average Bonchev–Trinajstić information content (AvgIpc) is 3.39. The summed E-state index contributed by atoms with van der Waals surface area (Å²) in [4.78, 5) is 23.2. The van der Waals surface area contributed by atoms with Gasteiger partial charge in [0.15, 0.2) is 5.16 Å². The summed E-state index contributed by atoms with van der Waals surface area (Å²) < 4.78 is 14.8. The molecule has 148 valence electrons. The largest absolute Gasteiger partial charge is 0.478 e. The molecule has 8 heteroatoms. The molecule has 0 aliphatic carbocycles. The van der Waals surface area contributed by atoms with E-state index in [2.05, 4.69) is 15.0 Å². The van der Waals surface area contributed by atoms with Crippen LogP contribution in [0.1, 0.15) is 15.9 Å². The second kappa shape index (κ2) is 7.23. The van der Waals surface area contributed by atoms with Gasteiger partial charge < -0.3 is 10.1 Å². The van der Waals surface area contributed by atoms with E-state index in [9.17, 15) is 9.00 Å². The highest BCUT2D eigenvalue weighted by Gasteiger charge is 2.15. The Labute approximate surface area is 173 Å². The van der Waals surface area contributed by atoms with Crippen molar-refractivity contribution in [3.63, 3.8) is 0 Å². The van der Waals surface area contributed by atoms with Gasteiger partial charge in [-0.3, -0.25) is 8.61 Å². The number of H-pyrrole nitrogens is 1. The highest BCUT2D eigenvalue weighted by atomic mass is 32.2. The van der Waals surface area contributed by atoms with Gasteiger partial charge in [0.1, 0.15) is 5.65 Å². The highest BCUT2D eigenvalue weighted by molar-refractivity contribution is 7.84. The topological polar surface area (TPSA) is 100 Å². The third kappa shape index (κ3) is 3.17. The number of rotatable bonds is 5.